The Labute approximate surface area is 123 Å². The number of carboxylic acids is 1. The maximum absolute atomic E-state index is 11.9. The highest BCUT2D eigenvalue weighted by Crippen LogP contribution is 2.22. The van der Waals surface area contributed by atoms with Crippen molar-refractivity contribution in [2.75, 3.05) is 26.2 Å². The number of hydrogen-bond acceptors (Lipinski definition) is 3. The minimum atomic E-state index is -0.842. The van der Waals surface area contributed by atoms with Crippen molar-refractivity contribution < 1.29 is 19.4 Å². The van der Waals surface area contributed by atoms with E-state index in [1.807, 2.05) is 37.3 Å². The molecule has 6 nitrogen and oxygen atoms in total. The first-order valence-corrected chi connectivity index (χ1v) is 7.01. The molecule has 114 valence electrons. The SMILES string of the molecule is C[C@@H]1CN(C(=O)NCCOc2ccccc2)C[C@H]1C(=O)O. The molecule has 1 heterocycles. The number of urea groups is 1. The molecule has 1 aromatic rings. The molecule has 0 bridgehead atoms. The van der Waals surface area contributed by atoms with E-state index in [0.717, 1.165) is 5.75 Å². The van der Waals surface area contributed by atoms with E-state index in [9.17, 15) is 9.59 Å². The van der Waals surface area contributed by atoms with Crippen LogP contribution in [0.1, 0.15) is 6.92 Å². The van der Waals surface area contributed by atoms with Gasteiger partial charge in [-0.2, -0.15) is 0 Å². The molecular formula is C15H20N2O4. The number of nitrogens with one attached hydrogen (secondary N) is 1. The van der Waals surface area contributed by atoms with Crippen molar-refractivity contribution in [1.29, 1.82) is 0 Å². The second kappa shape index (κ2) is 6.97. The van der Waals surface area contributed by atoms with Gasteiger partial charge in [0.2, 0.25) is 0 Å². The van der Waals surface area contributed by atoms with Gasteiger partial charge < -0.3 is 20.1 Å². The number of benzene rings is 1. The van der Waals surface area contributed by atoms with E-state index in [4.69, 9.17) is 9.84 Å². The average molecular weight is 292 g/mol. The van der Waals surface area contributed by atoms with Crippen LogP contribution in [0.2, 0.25) is 0 Å². The van der Waals surface area contributed by atoms with Crippen molar-refractivity contribution in [3.63, 3.8) is 0 Å². The van der Waals surface area contributed by atoms with Crippen molar-refractivity contribution in [3.05, 3.63) is 30.3 Å². The van der Waals surface area contributed by atoms with Crippen molar-refractivity contribution >= 4 is 12.0 Å². The highest BCUT2D eigenvalue weighted by Gasteiger charge is 2.36. The monoisotopic (exact) mass is 292 g/mol. The van der Waals surface area contributed by atoms with Crippen molar-refractivity contribution in [2.45, 2.75) is 6.92 Å². The first-order valence-electron chi connectivity index (χ1n) is 7.01. The largest absolute Gasteiger partial charge is 0.492 e. The third-order valence-electron chi connectivity index (χ3n) is 3.61. The lowest BCUT2D eigenvalue weighted by Gasteiger charge is -2.17. The fraction of sp³-hybridized carbons (Fsp3) is 0.467. The van der Waals surface area contributed by atoms with Gasteiger partial charge in [0, 0.05) is 13.1 Å². The minimum Gasteiger partial charge on any atom is -0.492 e. The fourth-order valence-corrected chi connectivity index (χ4v) is 2.41. The van der Waals surface area contributed by atoms with Gasteiger partial charge >= 0.3 is 12.0 Å². The molecule has 0 aromatic heterocycles. The van der Waals surface area contributed by atoms with Crippen LogP contribution in [0, 0.1) is 11.8 Å². The van der Waals surface area contributed by atoms with Gasteiger partial charge in [-0.3, -0.25) is 4.79 Å². The molecule has 6 heteroatoms. The summed E-state index contributed by atoms with van der Waals surface area (Å²) in [6.07, 6.45) is 0. The fourth-order valence-electron chi connectivity index (χ4n) is 2.41. The number of carbonyl (C=O) groups is 2. The zero-order chi connectivity index (χ0) is 15.2. The molecule has 2 amide bonds. The van der Waals surface area contributed by atoms with Gasteiger partial charge in [0.05, 0.1) is 12.5 Å². The Kier molecular flexibility index (Phi) is 5.03. The average Bonchev–Trinajstić information content (AvgIpc) is 2.87. The Balaban J connectivity index is 1.69. The molecule has 0 spiro atoms. The van der Waals surface area contributed by atoms with Crippen LogP contribution in [0.25, 0.3) is 0 Å². The minimum absolute atomic E-state index is 0.0196. The van der Waals surface area contributed by atoms with E-state index < -0.39 is 11.9 Å². The highest BCUT2D eigenvalue weighted by molar-refractivity contribution is 5.77. The summed E-state index contributed by atoms with van der Waals surface area (Å²) < 4.78 is 5.47. The first kappa shape index (κ1) is 15.2. The third-order valence-corrected chi connectivity index (χ3v) is 3.61. The van der Waals surface area contributed by atoms with Gasteiger partial charge in [-0.1, -0.05) is 25.1 Å². The van der Waals surface area contributed by atoms with Crippen LogP contribution in [0.3, 0.4) is 0 Å². The van der Waals surface area contributed by atoms with Gasteiger partial charge in [0.25, 0.3) is 0 Å². The Morgan fingerprint density at radius 1 is 1.33 bits per heavy atom. The van der Waals surface area contributed by atoms with Gasteiger partial charge in [0.1, 0.15) is 12.4 Å². The van der Waals surface area contributed by atoms with E-state index in [-0.39, 0.29) is 18.5 Å². The number of para-hydroxylation sites is 1. The first-order chi connectivity index (χ1) is 10.1. The number of carboxylic acid groups (broad SMARTS) is 1. The Morgan fingerprint density at radius 2 is 2.05 bits per heavy atom. The van der Waals surface area contributed by atoms with Gasteiger partial charge in [0.15, 0.2) is 0 Å². The predicted octanol–water partition coefficient (Wildman–Crippen LogP) is 1.43. The summed E-state index contributed by atoms with van der Waals surface area (Å²) in [5.41, 5.74) is 0. The number of hydrogen-bond donors (Lipinski definition) is 2. The topological polar surface area (TPSA) is 78.9 Å². The summed E-state index contributed by atoms with van der Waals surface area (Å²) in [5.74, 6) is -0.581. The number of likely N-dealkylation sites (tertiary alicyclic amines) is 1. The summed E-state index contributed by atoms with van der Waals surface area (Å²) in [6.45, 7) is 3.35. The lowest BCUT2D eigenvalue weighted by molar-refractivity contribution is -0.142. The van der Waals surface area contributed by atoms with Crippen LogP contribution in [0.5, 0.6) is 5.75 Å². The van der Waals surface area contributed by atoms with Crippen LogP contribution < -0.4 is 10.1 Å². The summed E-state index contributed by atoms with van der Waals surface area (Å²) >= 11 is 0. The summed E-state index contributed by atoms with van der Waals surface area (Å²) in [6, 6.07) is 9.13. The standard InChI is InChI=1S/C15H20N2O4/c1-11-9-17(10-13(11)14(18)19)15(20)16-7-8-21-12-5-3-2-4-6-12/h2-6,11,13H,7-10H2,1H3,(H,16,20)(H,18,19)/t11-,13-/m1/s1. The lowest BCUT2D eigenvalue weighted by Crippen LogP contribution is -2.40. The quantitative estimate of drug-likeness (QED) is 0.805. The van der Waals surface area contributed by atoms with Crippen LogP contribution in [0.15, 0.2) is 30.3 Å². The lowest BCUT2D eigenvalue weighted by atomic mass is 9.99. The molecule has 0 radical (unpaired) electrons. The van der Waals surface area contributed by atoms with Gasteiger partial charge in [-0.25, -0.2) is 4.79 Å². The van der Waals surface area contributed by atoms with E-state index >= 15 is 0 Å². The second-order valence-electron chi connectivity index (χ2n) is 5.22. The molecule has 0 saturated carbocycles. The molecule has 1 saturated heterocycles. The van der Waals surface area contributed by atoms with Crippen molar-refractivity contribution in [1.82, 2.24) is 10.2 Å². The zero-order valence-corrected chi connectivity index (χ0v) is 12.0. The van der Waals surface area contributed by atoms with Crippen molar-refractivity contribution in [2.24, 2.45) is 11.8 Å². The maximum Gasteiger partial charge on any atom is 0.317 e. The van der Waals surface area contributed by atoms with E-state index in [1.165, 1.54) is 0 Å². The Hall–Kier alpha value is -2.24. The van der Waals surface area contributed by atoms with Crippen LogP contribution in [0.4, 0.5) is 4.79 Å². The van der Waals surface area contributed by atoms with Crippen LogP contribution in [-0.4, -0.2) is 48.2 Å². The maximum atomic E-state index is 11.9. The summed E-state index contributed by atoms with van der Waals surface area (Å²) in [7, 11) is 0. The molecular weight excluding hydrogens is 272 g/mol. The highest BCUT2D eigenvalue weighted by atomic mass is 16.5. The van der Waals surface area contributed by atoms with E-state index in [0.29, 0.717) is 19.7 Å². The summed E-state index contributed by atoms with van der Waals surface area (Å²) in [5, 5.41) is 11.8. The van der Waals surface area contributed by atoms with Crippen LogP contribution >= 0.6 is 0 Å². The van der Waals surface area contributed by atoms with Crippen molar-refractivity contribution in [3.8, 4) is 5.75 Å². The molecule has 1 aliphatic rings. The molecule has 1 aromatic carbocycles. The normalized spacial score (nSPS) is 21.1. The second-order valence-corrected chi connectivity index (χ2v) is 5.22. The van der Waals surface area contributed by atoms with Gasteiger partial charge in [-0.05, 0) is 18.1 Å². The molecule has 2 rings (SSSR count). The number of aliphatic carboxylic acids is 1. The molecule has 0 aliphatic carbocycles. The molecule has 2 atom stereocenters. The number of ether oxygens (including phenoxy) is 1. The van der Waals surface area contributed by atoms with E-state index in [2.05, 4.69) is 5.32 Å². The number of nitrogens with zero attached hydrogens (tertiary/aromatic N) is 1. The molecule has 21 heavy (non-hydrogen) atoms. The molecule has 0 unspecified atom stereocenters. The van der Waals surface area contributed by atoms with Gasteiger partial charge in [-0.15, -0.1) is 0 Å². The van der Waals surface area contributed by atoms with E-state index in [1.54, 1.807) is 4.90 Å². The number of amides is 2. The summed E-state index contributed by atoms with van der Waals surface area (Å²) in [4.78, 5) is 24.5. The predicted molar refractivity (Wildman–Crippen MR) is 77.2 cm³/mol. The zero-order valence-electron chi connectivity index (χ0n) is 12.0. The molecule has 1 fully saturated rings. The number of carbonyl (C=O) groups excluding carboxylic acids is 1. The Morgan fingerprint density at radius 3 is 2.67 bits per heavy atom. The van der Waals surface area contributed by atoms with Crippen LogP contribution in [-0.2, 0) is 4.79 Å². The number of rotatable bonds is 5. The smallest absolute Gasteiger partial charge is 0.317 e. The Bertz CT molecular complexity index is 492. The third kappa shape index (κ3) is 4.11. The molecule has 2 N–H and O–H groups in total. The molecule has 1 aliphatic heterocycles.